The van der Waals surface area contributed by atoms with Crippen LogP contribution in [0.3, 0.4) is 0 Å². The lowest BCUT2D eigenvalue weighted by Gasteiger charge is -2.36. The Hall–Kier alpha value is -6.96. The van der Waals surface area contributed by atoms with Crippen molar-refractivity contribution < 1.29 is 0 Å². The van der Waals surface area contributed by atoms with Gasteiger partial charge in [0.2, 0.25) is 0 Å². The molecule has 0 bridgehead atoms. The fourth-order valence-electron chi connectivity index (χ4n) is 10.4. The topological polar surface area (TPSA) is 3.24 Å². The van der Waals surface area contributed by atoms with Crippen molar-refractivity contribution in [1.82, 2.24) is 0 Å². The molecule has 1 heteroatoms. The van der Waals surface area contributed by atoms with Crippen LogP contribution < -0.4 is 4.90 Å². The first-order valence-electron chi connectivity index (χ1n) is 21.0. The molecule has 59 heavy (non-hydrogen) atoms. The highest BCUT2D eigenvalue weighted by Crippen LogP contribution is 2.58. The van der Waals surface area contributed by atoms with E-state index in [1.165, 1.54) is 77.9 Å². The molecule has 3 aliphatic carbocycles. The molecule has 0 saturated carbocycles. The molecular formula is C58H45N. The third kappa shape index (κ3) is 5.53. The number of benzene rings is 8. The molecule has 0 aliphatic heterocycles. The summed E-state index contributed by atoms with van der Waals surface area (Å²) >= 11 is 0. The van der Waals surface area contributed by atoms with Crippen molar-refractivity contribution in [2.24, 2.45) is 0 Å². The van der Waals surface area contributed by atoms with Crippen LogP contribution in [-0.4, -0.2) is 0 Å². The molecule has 3 aliphatic rings. The second-order valence-corrected chi connectivity index (χ2v) is 16.8. The van der Waals surface area contributed by atoms with Crippen LogP contribution in [0.25, 0.3) is 39.0 Å². The number of fused-ring (bicyclic) bond motifs is 5. The Morgan fingerprint density at radius 1 is 0.407 bits per heavy atom. The highest BCUT2D eigenvalue weighted by atomic mass is 15.1. The molecule has 0 spiro atoms. The van der Waals surface area contributed by atoms with Gasteiger partial charge in [0.05, 0.1) is 5.41 Å². The maximum absolute atomic E-state index is 2.47. The molecular weight excluding hydrogens is 711 g/mol. The van der Waals surface area contributed by atoms with E-state index in [1.54, 1.807) is 0 Å². The van der Waals surface area contributed by atoms with E-state index in [-0.39, 0.29) is 10.8 Å². The Labute approximate surface area is 348 Å². The Balaban J connectivity index is 1.09. The van der Waals surface area contributed by atoms with Crippen LogP contribution in [0.1, 0.15) is 60.1 Å². The molecule has 11 rings (SSSR count). The van der Waals surface area contributed by atoms with Crippen molar-refractivity contribution in [1.29, 1.82) is 0 Å². The second-order valence-electron chi connectivity index (χ2n) is 16.8. The minimum absolute atomic E-state index is 0.177. The van der Waals surface area contributed by atoms with Gasteiger partial charge in [-0.15, -0.1) is 0 Å². The third-order valence-electron chi connectivity index (χ3n) is 13.2. The van der Waals surface area contributed by atoms with E-state index in [9.17, 15) is 0 Å². The summed E-state index contributed by atoms with van der Waals surface area (Å²) in [6.45, 7) is 4.78. The average Bonchev–Trinajstić information content (AvgIpc) is 3.72. The van der Waals surface area contributed by atoms with E-state index in [0.29, 0.717) is 0 Å². The molecule has 0 saturated heterocycles. The summed E-state index contributed by atoms with van der Waals surface area (Å²) < 4.78 is 0. The fraction of sp³-hybridized carbons (Fsp3) is 0.103. The van der Waals surface area contributed by atoms with Gasteiger partial charge in [-0.05, 0) is 133 Å². The average molecular weight is 756 g/mol. The van der Waals surface area contributed by atoms with Gasteiger partial charge in [0, 0.05) is 22.5 Å². The molecule has 0 N–H and O–H groups in total. The van der Waals surface area contributed by atoms with Gasteiger partial charge >= 0.3 is 0 Å². The van der Waals surface area contributed by atoms with Crippen molar-refractivity contribution in [2.45, 2.75) is 37.5 Å². The molecule has 0 amide bonds. The van der Waals surface area contributed by atoms with Gasteiger partial charge in [-0.25, -0.2) is 0 Å². The first-order chi connectivity index (χ1) is 29.0. The SMILES string of the molecule is CC1(C)c2cc(-c3ccccc3)ccc2-c2ccc(N(c3ccc(-c4ccccc4)cc3)c3ccc4c(c3)C3=C(CCC=C3)C4(c3ccccc3)c3ccccc3)cc21. The lowest BCUT2D eigenvalue weighted by molar-refractivity contribution is 0.660. The van der Waals surface area contributed by atoms with Crippen LogP contribution in [-0.2, 0) is 10.8 Å². The summed E-state index contributed by atoms with van der Waals surface area (Å²) in [5, 5.41) is 0. The van der Waals surface area contributed by atoms with Gasteiger partial charge < -0.3 is 4.90 Å². The summed E-state index contributed by atoms with van der Waals surface area (Å²) in [6.07, 6.45) is 6.83. The zero-order valence-electron chi connectivity index (χ0n) is 33.6. The van der Waals surface area contributed by atoms with Gasteiger partial charge in [-0.3, -0.25) is 0 Å². The van der Waals surface area contributed by atoms with Gasteiger partial charge in [-0.2, -0.15) is 0 Å². The molecule has 0 atom stereocenters. The van der Waals surface area contributed by atoms with Crippen LogP contribution in [0.5, 0.6) is 0 Å². The molecule has 282 valence electrons. The van der Waals surface area contributed by atoms with E-state index >= 15 is 0 Å². The first kappa shape index (κ1) is 35.2. The lowest BCUT2D eigenvalue weighted by atomic mass is 9.65. The Bertz CT molecular complexity index is 2880. The summed E-state index contributed by atoms with van der Waals surface area (Å²) in [6, 6.07) is 74.4. The predicted molar refractivity (Wildman–Crippen MR) is 248 cm³/mol. The lowest BCUT2D eigenvalue weighted by Crippen LogP contribution is -2.30. The van der Waals surface area contributed by atoms with Gasteiger partial charge in [-0.1, -0.05) is 184 Å². The molecule has 8 aromatic carbocycles. The highest BCUT2D eigenvalue weighted by Gasteiger charge is 2.47. The minimum Gasteiger partial charge on any atom is -0.310 e. The van der Waals surface area contributed by atoms with E-state index in [4.69, 9.17) is 0 Å². The summed E-state index contributed by atoms with van der Waals surface area (Å²) in [4.78, 5) is 2.47. The minimum atomic E-state index is -0.361. The molecule has 0 radical (unpaired) electrons. The van der Waals surface area contributed by atoms with Gasteiger partial charge in [0.1, 0.15) is 0 Å². The van der Waals surface area contributed by atoms with Crippen molar-refractivity contribution in [3.8, 4) is 33.4 Å². The van der Waals surface area contributed by atoms with E-state index < -0.39 is 0 Å². The standard InChI is InChI=1S/C58H45N/c1-57(2)55-37-43(41-19-9-4-10-20-41)29-34-50(55)51-35-32-48(39-56(51)57)59(46-30-27-42(28-31-46)40-17-7-3-8-18-40)47-33-36-54-52(38-47)49-25-15-16-26-53(49)58(54,44-21-11-5-12-22-44)45-23-13-6-14-24-45/h3-15,17-25,27-39H,16,26H2,1-2H3. The normalized spacial score (nSPS) is 15.3. The monoisotopic (exact) mass is 755 g/mol. The molecule has 0 unspecified atom stereocenters. The Morgan fingerprint density at radius 3 is 1.54 bits per heavy atom. The molecule has 0 aromatic heterocycles. The molecule has 0 fully saturated rings. The van der Waals surface area contributed by atoms with E-state index in [0.717, 1.165) is 29.9 Å². The smallest absolute Gasteiger partial charge is 0.0676 e. The predicted octanol–water partition coefficient (Wildman–Crippen LogP) is 15.2. The van der Waals surface area contributed by atoms with Crippen LogP contribution in [0.2, 0.25) is 0 Å². The Morgan fingerprint density at radius 2 is 0.898 bits per heavy atom. The van der Waals surface area contributed by atoms with Crippen molar-refractivity contribution in [2.75, 3.05) is 4.90 Å². The zero-order chi connectivity index (χ0) is 39.6. The van der Waals surface area contributed by atoms with E-state index in [1.807, 2.05) is 0 Å². The van der Waals surface area contributed by atoms with Crippen molar-refractivity contribution in [3.63, 3.8) is 0 Å². The zero-order valence-corrected chi connectivity index (χ0v) is 33.6. The number of nitrogens with zero attached hydrogens (tertiary/aromatic N) is 1. The van der Waals surface area contributed by atoms with Gasteiger partial charge in [0.15, 0.2) is 0 Å². The second kappa shape index (κ2) is 13.9. The number of hydrogen-bond donors (Lipinski definition) is 0. The van der Waals surface area contributed by atoms with Crippen molar-refractivity contribution in [3.05, 3.63) is 251 Å². The fourth-order valence-corrected chi connectivity index (χ4v) is 10.4. The largest absolute Gasteiger partial charge is 0.310 e. The highest BCUT2D eigenvalue weighted by molar-refractivity contribution is 5.94. The quantitative estimate of drug-likeness (QED) is 0.157. The molecule has 0 heterocycles. The number of rotatable bonds is 7. The number of hydrogen-bond acceptors (Lipinski definition) is 1. The Kier molecular flexibility index (Phi) is 8.27. The maximum Gasteiger partial charge on any atom is 0.0676 e. The van der Waals surface area contributed by atoms with Crippen LogP contribution in [0, 0.1) is 0 Å². The van der Waals surface area contributed by atoms with Crippen molar-refractivity contribution >= 4 is 22.6 Å². The summed E-state index contributed by atoms with van der Waals surface area (Å²) in [7, 11) is 0. The van der Waals surface area contributed by atoms with Crippen LogP contribution >= 0.6 is 0 Å². The maximum atomic E-state index is 2.47. The van der Waals surface area contributed by atoms with Crippen LogP contribution in [0.15, 0.2) is 218 Å². The van der Waals surface area contributed by atoms with E-state index in [2.05, 4.69) is 231 Å². The van der Waals surface area contributed by atoms with Crippen LogP contribution in [0.4, 0.5) is 17.1 Å². The summed E-state index contributed by atoms with van der Waals surface area (Å²) in [5.74, 6) is 0. The molecule has 1 nitrogen and oxygen atoms in total. The first-order valence-corrected chi connectivity index (χ1v) is 21.0. The molecule has 8 aromatic rings. The number of anilines is 3. The third-order valence-corrected chi connectivity index (χ3v) is 13.2. The summed E-state index contributed by atoms with van der Waals surface area (Å²) in [5.41, 5.74) is 21.4. The number of allylic oxidation sites excluding steroid dienone is 4. The van der Waals surface area contributed by atoms with Gasteiger partial charge in [0.25, 0.3) is 0 Å².